The maximum Gasteiger partial charge on any atom is 0.225 e. The summed E-state index contributed by atoms with van der Waals surface area (Å²) in [4.78, 5) is 11.7. The van der Waals surface area contributed by atoms with E-state index in [0.29, 0.717) is 18.0 Å². The number of hydrogen-bond donors (Lipinski definition) is 2. The van der Waals surface area contributed by atoms with E-state index in [9.17, 15) is 0 Å². The van der Waals surface area contributed by atoms with Crippen molar-refractivity contribution in [3.63, 3.8) is 0 Å². The molecule has 1 aliphatic rings. The van der Waals surface area contributed by atoms with Crippen LogP contribution in [0.4, 0.5) is 11.8 Å². The third-order valence-corrected chi connectivity index (χ3v) is 7.08. The van der Waals surface area contributed by atoms with E-state index in [0.717, 1.165) is 54.9 Å². The quantitative estimate of drug-likeness (QED) is 0.262. The van der Waals surface area contributed by atoms with E-state index >= 15 is 0 Å². The van der Waals surface area contributed by atoms with Crippen LogP contribution in [0.5, 0.6) is 0 Å². The Morgan fingerprint density at radius 1 is 0.730 bits per heavy atom. The van der Waals surface area contributed by atoms with Crippen LogP contribution < -0.4 is 15.5 Å². The van der Waals surface area contributed by atoms with Gasteiger partial charge in [-0.1, -0.05) is 72.8 Å². The lowest BCUT2D eigenvalue weighted by atomic mass is 9.88. The van der Waals surface area contributed by atoms with Gasteiger partial charge in [-0.2, -0.15) is 4.98 Å². The fraction of sp³-hybridized carbons (Fsp3) is 0.333. The third kappa shape index (κ3) is 7.13. The molecule has 5 nitrogen and oxygen atoms in total. The maximum absolute atomic E-state index is 4.83. The molecule has 0 saturated heterocycles. The molecule has 7 heteroatoms. The molecule has 2 N–H and O–H groups in total. The van der Waals surface area contributed by atoms with Gasteiger partial charge in [0.15, 0.2) is 0 Å². The van der Waals surface area contributed by atoms with Crippen molar-refractivity contribution in [2.24, 2.45) is 0 Å². The van der Waals surface area contributed by atoms with Crippen LogP contribution in [-0.4, -0.2) is 42.7 Å². The molecule has 1 aromatic heterocycles. The molecule has 196 valence electrons. The van der Waals surface area contributed by atoms with Crippen molar-refractivity contribution in [3.8, 4) is 0 Å². The summed E-state index contributed by atoms with van der Waals surface area (Å²) in [6.45, 7) is 0.955. The van der Waals surface area contributed by atoms with E-state index in [1.807, 2.05) is 26.2 Å². The Labute approximate surface area is 232 Å². The molecule has 0 amide bonds. The van der Waals surface area contributed by atoms with E-state index in [-0.39, 0.29) is 24.8 Å². The van der Waals surface area contributed by atoms with E-state index in [1.165, 1.54) is 11.1 Å². The average molecular weight is 539 g/mol. The third-order valence-electron chi connectivity index (χ3n) is 7.08. The van der Waals surface area contributed by atoms with E-state index < -0.39 is 0 Å². The van der Waals surface area contributed by atoms with Crippen molar-refractivity contribution in [2.45, 2.75) is 43.7 Å². The van der Waals surface area contributed by atoms with Crippen molar-refractivity contribution < 1.29 is 0 Å². The first kappa shape index (κ1) is 28.7. The van der Waals surface area contributed by atoms with Crippen molar-refractivity contribution in [3.05, 3.63) is 96.1 Å². The summed E-state index contributed by atoms with van der Waals surface area (Å²) >= 11 is 0. The highest BCUT2D eigenvalue weighted by molar-refractivity contribution is 5.90. The second-order valence-corrected chi connectivity index (χ2v) is 9.76. The average Bonchev–Trinajstić information content (AvgIpc) is 2.90. The number of aromatic nitrogens is 2. The fourth-order valence-corrected chi connectivity index (χ4v) is 5.17. The van der Waals surface area contributed by atoms with Gasteiger partial charge in [0.05, 0.1) is 5.52 Å². The second kappa shape index (κ2) is 13.6. The monoisotopic (exact) mass is 537 g/mol. The normalized spacial score (nSPS) is 17.1. The van der Waals surface area contributed by atoms with Crippen LogP contribution in [0.1, 0.15) is 42.7 Å². The topological polar surface area (TPSA) is 53.1 Å². The molecule has 0 radical (unpaired) electrons. The summed E-state index contributed by atoms with van der Waals surface area (Å²) in [5.74, 6) is 2.06. The summed E-state index contributed by atoms with van der Waals surface area (Å²) in [7, 11) is 4.07. The minimum Gasteiger partial charge on any atom is -0.362 e. The summed E-state index contributed by atoms with van der Waals surface area (Å²) in [6, 6.07) is 30.9. The molecule has 0 unspecified atom stereocenters. The van der Waals surface area contributed by atoms with Gasteiger partial charge in [-0.05, 0) is 48.9 Å². The molecule has 4 aromatic rings. The molecular weight excluding hydrogens is 501 g/mol. The SMILES string of the molecule is CN(C)c1nc(N[C@H]2CC[C@@H](NCC(c3ccccc3)c3ccccc3)CC2)nc2ccccc12.Cl.Cl. The van der Waals surface area contributed by atoms with E-state index in [2.05, 4.69) is 88.3 Å². The minimum atomic E-state index is 0. The van der Waals surface area contributed by atoms with Crippen molar-refractivity contribution >= 4 is 47.5 Å². The van der Waals surface area contributed by atoms with Gasteiger partial charge in [-0.25, -0.2) is 4.98 Å². The predicted molar refractivity (Wildman–Crippen MR) is 161 cm³/mol. The standard InChI is InChI=1S/C30H35N5.2ClH/c1-35(2)29-26-15-9-10-16-28(26)33-30(34-29)32-25-19-17-24(18-20-25)31-21-27(22-11-5-3-6-12-22)23-13-7-4-8-14-23;;/h3-16,24-25,27,31H,17-21H2,1-2H3,(H,32,33,34);2*1H/t24-,25+;;. The minimum absolute atomic E-state index is 0. The van der Waals surface area contributed by atoms with Crippen LogP contribution in [0.15, 0.2) is 84.9 Å². The highest BCUT2D eigenvalue weighted by Gasteiger charge is 2.23. The van der Waals surface area contributed by atoms with Gasteiger partial charge in [-0.3, -0.25) is 0 Å². The zero-order chi connectivity index (χ0) is 24.0. The zero-order valence-corrected chi connectivity index (χ0v) is 23.1. The van der Waals surface area contributed by atoms with Crippen LogP contribution in [0.2, 0.25) is 0 Å². The van der Waals surface area contributed by atoms with Crippen LogP contribution >= 0.6 is 24.8 Å². The zero-order valence-electron chi connectivity index (χ0n) is 21.5. The summed E-state index contributed by atoms with van der Waals surface area (Å²) in [5.41, 5.74) is 3.72. The number of benzene rings is 3. The van der Waals surface area contributed by atoms with Gasteiger partial charge in [0.25, 0.3) is 0 Å². The molecule has 3 aromatic carbocycles. The second-order valence-electron chi connectivity index (χ2n) is 9.76. The Balaban J connectivity index is 0.00000190. The largest absolute Gasteiger partial charge is 0.362 e. The Bertz CT molecular complexity index is 1190. The Kier molecular flexibility index (Phi) is 10.6. The predicted octanol–water partition coefficient (Wildman–Crippen LogP) is 6.68. The van der Waals surface area contributed by atoms with Gasteiger partial charge < -0.3 is 15.5 Å². The van der Waals surface area contributed by atoms with E-state index in [1.54, 1.807) is 0 Å². The fourth-order valence-electron chi connectivity index (χ4n) is 5.17. The number of nitrogens with one attached hydrogen (secondary N) is 2. The van der Waals surface area contributed by atoms with Crippen LogP contribution in [0.3, 0.4) is 0 Å². The van der Waals surface area contributed by atoms with Crippen molar-refractivity contribution in [2.75, 3.05) is 30.9 Å². The van der Waals surface area contributed by atoms with Gasteiger partial charge in [0.1, 0.15) is 5.82 Å². The Morgan fingerprint density at radius 3 is 1.86 bits per heavy atom. The molecular formula is C30H37Cl2N5. The molecule has 1 heterocycles. The molecule has 0 bridgehead atoms. The Hall–Kier alpha value is -2.86. The van der Waals surface area contributed by atoms with E-state index in [4.69, 9.17) is 9.97 Å². The number of halogens is 2. The van der Waals surface area contributed by atoms with Crippen LogP contribution in [0.25, 0.3) is 10.9 Å². The first-order chi connectivity index (χ1) is 17.2. The number of para-hydroxylation sites is 1. The van der Waals surface area contributed by atoms with Gasteiger partial charge in [0.2, 0.25) is 5.95 Å². The first-order valence-corrected chi connectivity index (χ1v) is 12.7. The number of nitrogens with zero attached hydrogens (tertiary/aromatic N) is 3. The molecule has 0 atom stereocenters. The lowest BCUT2D eigenvalue weighted by molar-refractivity contribution is 0.350. The van der Waals surface area contributed by atoms with Crippen molar-refractivity contribution in [1.29, 1.82) is 0 Å². The molecule has 1 fully saturated rings. The first-order valence-electron chi connectivity index (χ1n) is 12.7. The lowest BCUT2D eigenvalue weighted by Crippen LogP contribution is -2.39. The Morgan fingerprint density at radius 2 is 1.27 bits per heavy atom. The highest BCUT2D eigenvalue weighted by atomic mass is 35.5. The van der Waals surface area contributed by atoms with Crippen molar-refractivity contribution in [1.82, 2.24) is 15.3 Å². The smallest absolute Gasteiger partial charge is 0.225 e. The number of fused-ring (bicyclic) bond motifs is 1. The molecule has 1 saturated carbocycles. The summed E-state index contributed by atoms with van der Waals surface area (Å²) in [6.07, 6.45) is 4.54. The molecule has 0 aliphatic heterocycles. The summed E-state index contributed by atoms with van der Waals surface area (Å²) in [5, 5.41) is 8.60. The number of hydrogen-bond acceptors (Lipinski definition) is 5. The maximum atomic E-state index is 4.83. The van der Waals surface area contributed by atoms with Crippen LogP contribution in [0, 0.1) is 0 Å². The van der Waals surface area contributed by atoms with Crippen LogP contribution in [-0.2, 0) is 0 Å². The number of rotatable bonds is 8. The molecule has 1 aliphatic carbocycles. The number of anilines is 2. The lowest BCUT2D eigenvalue weighted by Gasteiger charge is -2.31. The summed E-state index contributed by atoms with van der Waals surface area (Å²) < 4.78 is 0. The molecule has 5 rings (SSSR count). The van der Waals surface area contributed by atoms with Gasteiger partial charge in [0, 0.05) is 44.0 Å². The van der Waals surface area contributed by atoms with Gasteiger partial charge in [-0.15, -0.1) is 24.8 Å². The molecule has 37 heavy (non-hydrogen) atoms. The van der Waals surface area contributed by atoms with Gasteiger partial charge >= 0.3 is 0 Å². The molecule has 0 spiro atoms. The highest BCUT2D eigenvalue weighted by Crippen LogP contribution is 2.28.